The lowest BCUT2D eigenvalue weighted by atomic mass is 10.1. The highest BCUT2D eigenvalue weighted by Gasteiger charge is 2.21. The van der Waals surface area contributed by atoms with Gasteiger partial charge in [0.25, 0.3) is 0 Å². The van der Waals surface area contributed by atoms with Gasteiger partial charge in [0.2, 0.25) is 0 Å². The molecule has 2 fully saturated rings. The van der Waals surface area contributed by atoms with E-state index in [2.05, 4.69) is 41.1 Å². The van der Waals surface area contributed by atoms with Crippen LogP contribution in [-0.2, 0) is 0 Å². The molecular formula is C15H31IN4S. The SMILES string of the molecule is CCNC(=NCC1CCN(CC)C1)NCC1CCCS1.I. The fraction of sp³-hybridized carbons (Fsp3) is 0.933. The van der Waals surface area contributed by atoms with Gasteiger partial charge in [-0.1, -0.05) is 6.92 Å². The first-order valence-electron chi connectivity index (χ1n) is 8.18. The number of thioether (sulfide) groups is 1. The highest BCUT2D eigenvalue weighted by Crippen LogP contribution is 2.25. The third kappa shape index (κ3) is 6.95. The van der Waals surface area contributed by atoms with Gasteiger partial charge in [-0.05, 0) is 50.9 Å². The van der Waals surface area contributed by atoms with Gasteiger partial charge in [-0.15, -0.1) is 24.0 Å². The minimum absolute atomic E-state index is 0. The summed E-state index contributed by atoms with van der Waals surface area (Å²) in [7, 11) is 0. The molecule has 0 aromatic carbocycles. The molecule has 2 heterocycles. The molecule has 0 spiro atoms. The summed E-state index contributed by atoms with van der Waals surface area (Å²) >= 11 is 2.10. The Morgan fingerprint density at radius 2 is 2.14 bits per heavy atom. The van der Waals surface area contributed by atoms with Gasteiger partial charge in [0.15, 0.2) is 5.96 Å². The molecule has 6 heteroatoms. The maximum Gasteiger partial charge on any atom is 0.191 e. The minimum Gasteiger partial charge on any atom is -0.357 e. The predicted molar refractivity (Wildman–Crippen MR) is 105 cm³/mol. The van der Waals surface area contributed by atoms with Gasteiger partial charge in [-0.25, -0.2) is 0 Å². The largest absolute Gasteiger partial charge is 0.357 e. The summed E-state index contributed by atoms with van der Waals surface area (Å²) in [6.45, 7) is 11.0. The number of hydrogen-bond donors (Lipinski definition) is 2. The molecule has 2 N–H and O–H groups in total. The van der Waals surface area contributed by atoms with Crippen molar-refractivity contribution < 1.29 is 0 Å². The van der Waals surface area contributed by atoms with Crippen LogP contribution in [0.25, 0.3) is 0 Å². The van der Waals surface area contributed by atoms with E-state index in [1.165, 1.54) is 44.6 Å². The second kappa shape index (κ2) is 10.9. The van der Waals surface area contributed by atoms with Crippen molar-refractivity contribution in [3.8, 4) is 0 Å². The second-order valence-corrected chi connectivity index (χ2v) is 7.19. The number of halogens is 1. The van der Waals surface area contributed by atoms with Crippen molar-refractivity contribution in [2.24, 2.45) is 10.9 Å². The molecule has 21 heavy (non-hydrogen) atoms. The molecule has 0 amide bonds. The molecule has 2 aliphatic rings. The zero-order valence-electron chi connectivity index (χ0n) is 13.4. The number of nitrogens with one attached hydrogen (secondary N) is 2. The number of likely N-dealkylation sites (tertiary alicyclic amines) is 1. The summed E-state index contributed by atoms with van der Waals surface area (Å²) in [6, 6.07) is 0. The standard InChI is InChI=1S/C15H30N4S.HI/c1-3-16-15(18-11-14-6-5-9-20-14)17-10-13-7-8-19(4-2)12-13;/h13-14H,3-12H2,1-2H3,(H2,16,17,18);1H. The van der Waals surface area contributed by atoms with E-state index in [0.29, 0.717) is 0 Å². The fourth-order valence-corrected chi connectivity index (χ4v) is 4.13. The lowest BCUT2D eigenvalue weighted by molar-refractivity contribution is 0.343. The van der Waals surface area contributed by atoms with Crippen molar-refractivity contribution in [3.05, 3.63) is 0 Å². The second-order valence-electron chi connectivity index (χ2n) is 5.78. The van der Waals surface area contributed by atoms with E-state index in [1.54, 1.807) is 0 Å². The molecule has 0 saturated carbocycles. The lowest BCUT2D eigenvalue weighted by Gasteiger charge is -2.16. The molecule has 0 aromatic rings. The maximum atomic E-state index is 4.78. The van der Waals surface area contributed by atoms with E-state index >= 15 is 0 Å². The number of aliphatic imine (C=N–C) groups is 1. The molecule has 124 valence electrons. The normalized spacial score (nSPS) is 26.7. The number of guanidine groups is 1. The topological polar surface area (TPSA) is 39.7 Å². The average molecular weight is 426 g/mol. The molecule has 2 unspecified atom stereocenters. The highest BCUT2D eigenvalue weighted by atomic mass is 127. The van der Waals surface area contributed by atoms with Gasteiger partial charge < -0.3 is 15.5 Å². The smallest absolute Gasteiger partial charge is 0.191 e. The Kier molecular flexibility index (Phi) is 10.1. The van der Waals surface area contributed by atoms with Crippen molar-refractivity contribution in [3.63, 3.8) is 0 Å². The molecule has 0 radical (unpaired) electrons. The lowest BCUT2D eigenvalue weighted by Crippen LogP contribution is -2.40. The first-order valence-corrected chi connectivity index (χ1v) is 9.22. The summed E-state index contributed by atoms with van der Waals surface area (Å²) in [5, 5.41) is 7.67. The molecule has 4 nitrogen and oxygen atoms in total. The van der Waals surface area contributed by atoms with Crippen molar-refractivity contribution in [1.82, 2.24) is 15.5 Å². The monoisotopic (exact) mass is 426 g/mol. The quantitative estimate of drug-likeness (QED) is 0.389. The minimum atomic E-state index is 0. The van der Waals surface area contributed by atoms with Crippen LogP contribution in [0.1, 0.15) is 33.1 Å². The molecule has 2 atom stereocenters. The van der Waals surface area contributed by atoms with Gasteiger partial charge in [0.1, 0.15) is 0 Å². The van der Waals surface area contributed by atoms with Crippen molar-refractivity contribution >= 4 is 41.7 Å². The molecule has 0 aliphatic carbocycles. The van der Waals surface area contributed by atoms with E-state index in [4.69, 9.17) is 4.99 Å². The predicted octanol–water partition coefficient (Wildman–Crippen LogP) is 2.40. The van der Waals surface area contributed by atoms with Crippen LogP contribution >= 0.6 is 35.7 Å². The Morgan fingerprint density at radius 1 is 1.29 bits per heavy atom. The van der Waals surface area contributed by atoms with Crippen LogP contribution < -0.4 is 10.6 Å². The van der Waals surface area contributed by atoms with Gasteiger partial charge in [-0.3, -0.25) is 4.99 Å². The summed E-state index contributed by atoms with van der Waals surface area (Å²) in [4.78, 5) is 7.31. The third-order valence-electron chi connectivity index (χ3n) is 4.19. The summed E-state index contributed by atoms with van der Waals surface area (Å²) in [5.41, 5.74) is 0. The zero-order valence-corrected chi connectivity index (χ0v) is 16.6. The molecule has 2 aliphatic heterocycles. The van der Waals surface area contributed by atoms with Crippen LogP contribution in [0.3, 0.4) is 0 Å². The maximum absolute atomic E-state index is 4.78. The molecular weight excluding hydrogens is 395 g/mol. The summed E-state index contributed by atoms with van der Waals surface area (Å²) in [5.74, 6) is 3.08. The van der Waals surface area contributed by atoms with Gasteiger partial charge in [0.05, 0.1) is 0 Å². The van der Waals surface area contributed by atoms with E-state index in [-0.39, 0.29) is 24.0 Å². The van der Waals surface area contributed by atoms with Gasteiger partial charge in [-0.2, -0.15) is 11.8 Å². The first kappa shape index (κ1) is 19.4. The van der Waals surface area contributed by atoms with E-state index in [1.807, 2.05) is 0 Å². The molecule has 2 saturated heterocycles. The van der Waals surface area contributed by atoms with Crippen LogP contribution in [0.15, 0.2) is 4.99 Å². The van der Waals surface area contributed by atoms with E-state index in [0.717, 1.165) is 36.8 Å². The Hall–Kier alpha value is 0.310. The van der Waals surface area contributed by atoms with E-state index in [9.17, 15) is 0 Å². The Labute approximate surface area is 151 Å². The van der Waals surface area contributed by atoms with Gasteiger partial charge in [0, 0.05) is 31.4 Å². The zero-order chi connectivity index (χ0) is 14.2. The van der Waals surface area contributed by atoms with Crippen LogP contribution in [0.2, 0.25) is 0 Å². The number of hydrogen-bond acceptors (Lipinski definition) is 3. The van der Waals surface area contributed by atoms with E-state index < -0.39 is 0 Å². The summed E-state index contributed by atoms with van der Waals surface area (Å²) in [6.07, 6.45) is 4.03. The molecule has 0 bridgehead atoms. The number of rotatable bonds is 6. The van der Waals surface area contributed by atoms with Crippen molar-refractivity contribution in [1.29, 1.82) is 0 Å². The first-order chi connectivity index (χ1) is 9.81. The van der Waals surface area contributed by atoms with Crippen LogP contribution in [-0.4, -0.2) is 61.1 Å². The molecule has 2 rings (SSSR count). The highest BCUT2D eigenvalue weighted by molar-refractivity contribution is 14.0. The average Bonchev–Trinajstić information content (AvgIpc) is 3.13. The Morgan fingerprint density at radius 3 is 2.76 bits per heavy atom. The fourth-order valence-electron chi connectivity index (χ4n) is 2.93. The van der Waals surface area contributed by atoms with Crippen LogP contribution in [0, 0.1) is 5.92 Å². The summed E-state index contributed by atoms with van der Waals surface area (Å²) < 4.78 is 0. The van der Waals surface area contributed by atoms with Crippen LogP contribution in [0.5, 0.6) is 0 Å². The van der Waals surface area contributed by atoms with Crippen LogP contribution in [0.4, 0.5) is 0 Å². The van der Waals surface area contributed by atoms with Gasteiger partial charge >= 0.3 is 0 Å². The molecule has 0 aromatic heterocycles. The van der Waals surface area contributed by atoms with Crippen molar-refractivity contribution in [2.45, 2.75) is 38.4 Å². The Balaban J connectivity index is 0.00000220. The Bertz CT molecular complexity index is 308. The third-order valence-corrected chi connectivity index (χ3v) is 5.59. The van der Waals surface area contributed by atoms with Crippen molar-refractivity contribution in [2.75, 3.05) is 45.0 Å². The number of nitrogens with zero attached hydrogens (tertiary/aromatic N) is 2.